The minimum Gasteiger partial charge on any atom is -0.488 e. The Morgan fingerprint density at radius 3 is 2.76 bits per heavy atom. The van der Waals surface area contributed by atoms with Crippen LogP contribution in [0.4, 0.5) is 4.39 Å². The molecule has 0 spiro atoms. The van der Waals surface area contributed by atoms with Crippen molar-refractivity contribution in [3.05, 3.63) is 62.5 Å². The normalized spacial score (nSPS) is 9.95. The van der Waals surface area contributed by atoms with Crippen LogP contribution in [-0.2, 0) is 6.61 Å². The van der Waals surface area contributed by atoms with Gasteiger partial charge in [-0.05, 0) is 64.6 Å². The van der Waals surface area contributed by atoms with Crippen LogP contribution in [0.1, 0.15) is 21.5 Å². The molecule has 0 amide bonds. The molecule has 21 heavy (non-hydrogen) atoms. The van der Waals surface area contributed by atoms with Crippen LogP contribution in [0, 0.1) is 20.7 Å². The van der Waals surface area contributed by atoms with E-state index < -0.39 is 11.8 Å². The van der Waals surface area contributed by atoms with Crippen LogP contribution in [0.5, 0.6) is 5.75 Å². The quantitative estimate of drug-likeness (QED) is 0.801. The highest BCUT2D eigenvalue weighted by molar-refractivity contribution is 14.1. The largest absolute Gasteiger partial charge is 0.488 e. The van der Waals surface area contributed by atoms with Gasteiger partial charge in [-0.25, -0.2) is 9.18 Å². The highest BCUT2D eigenvalue weighted by Gasteiger charge is 2.12. The lowest BCUT2D eigenvalue weighted by Gasteiger charge is -2.10. The monoisotopic (exact) mass is 397 g/mol. The SMILES string of the molecule is N#Cc1cc(F)cc(COc2ccc(I)cc2C(=O)O)c1. The van der Waals surface area contributed by atoms with Gasteiger partial charge in [0.1, 0.15) is 23.7 Å². The first-order chi connectivity index (χ1) is 9.99. The van der Waals surface area contributed by atoms with Gasteiger partial charge in [-0.15, -0.1) is 0 Å². The van der Waals surface area contributed by atoms with E-state index in [1.54, 1.807) is 12.1 Å². The molecular weight excluding hydrogens is 388 g/mol. The maximum absolute atomic E-state index is 13.3. The van der Waals surface area contributed by atoms with Crippen molar-refractivity contribution >= 4 is 28.6 Å². The van der Waals surface area contributed by atoms with Crippen molar-refractivity contribution in [3.8, 4) is 11.8 Å². The first kappa shape index (κ1) is 15.3. The second-order valence-corrected chi connectivity index (χ2v) is 5.44. The molecule has 0 bridgehead atoms. The number of nitriles is 1. The smallest absolute Gasteiger partial charge is 0.339 e. The minimum atomic E-state index is -1.10. The molecule has 2 rings (SSSR count). The van der Waals surface area contributed by atoms with Crippen LogP contribution < -0.4 is 4.74 Å². The molecule has 1 N–H and O–H groups in total. The number of carboxylic acid groups (broad SMARTS) is 1. The van der Waals surface area contributed by atoms with E-state index in [0.717, 1.165) is 9.64 Å². The van der Waals surface area contributed by atoms with E-state index in [2.05, 4.69) is 0 Å². The standard InChI is InChI=1S/C15H9FINO3/c16-11-4-9(7-18)3-10(5-11)8-21-14-2-1-12(17)6-13(14)15(19)20/h1-6H,8H2,(H,19,20). The summed E-state index contributed by atoms with van der Waals surface area (Å²) in [6, 6.07) is 10.5. The maximum atomic E-state index is 13.3. The van der Waals surface area contributed by atoms with Gasteiger partial charge in [-0.3, -0.25) is 0 Å². The number of hydrogen-bond donors (Lipinski definition) is 1. The highest BCUT2D eigenvalue weighted by atomic mass is 127. The van der Waals surface area contributed by atoms with Crippen LogP contribution in [0.25, 0.3) is 0 Å². The fraction of sp³-hybridized carbons (Fsp3) is 0.0667. The fourth-order valence-electron chi connectivity index (χ4n) is 1.75. The zero-order chi connectivity index (χ0) is 15.4. The average Bonchev–Trinajstić information content (AvgIpc) is 2.45. The topological polar surface area (TPSA) is 70.3 Å². The van der Waals surface area contributed by atoms with Crippen molar-refractivity contribution in [2.45, 2.75) is 6.61 Å². The Kier molecular flexibility index (Phi) is 4.75. The van der Waals surface area contributed by atoms with E-state index in [1.807, 2.05) is 28.7 Å². The number of rotatable bonds is 4. The number of carbonyl (C=O) groups is 1. The van der Waals surface area contributed by atoms with Crippen LogP contribution in [0.2, 0.25) is 0 Å². The lowest BCUT2D eigenvalue weighted by molar-refractivity contribution is 0.0691. The second-order valence-electron chi connectivity index (χ2n) is 4.19. The maximum Gasteiger partial charge on any atom is 0.339 e. The first-order valence-corrected chi connectivity index (χ1v) is 6.92. The van der Waals surface area contributed by atoms with E-state index in [4.69, 9.17) is 15.1 Å². The second kappa shape index (κ2) is 6.54. The number of benzene rings is 2. The summed E-state index contributed by atoms with van der Waals surface area (Å²) in [5, 5.41) is 17.9. The van der Waals surface area contributed by atoms with Crippen LogP contribution in [0.3, 0.4) is 0 Å². The lowest BCUT2D eigenvalue weighted by atomic mass is 10.1. The number of carboxylic acids is 1. The lowest BCUT2D eigenvalue weighted by Crippen LogP contribution is -2.04. The predicted molar refractivity (Wildman–Crippen MR) is 81.6 cm³/mol. The Morgan fingerprint density at radius 2 is 2.10 bits per heavy atom. The van der Waals surface area contributed by atoms with Crippen molar-refractivity contribution in [3.63, 3.8) is 0 Å². The van der Waals surface area contributed by atoms with Gasteiger partial charge in [-0.1, -0.05) is 0 Å². The summed E-state index contributed by atoms with van der Waals surface area (Å²) >= 11 is 2.00. The van der Waals surface area contributed by atoms with Gasteiger partial charge >= 0.3 is 5.97 Å². The molecule has 0 aromatic heterocycles. The molecule has 2 aromatic rings. The molecule has 0 fully saturated rings. The molecule has 0 atom stereocenters. The van der Waals surface area contributed by atoms with Crippen molar-refractivity contribution < 1.29 is 19.0 Å². The van der Waals surface area contributed by atoms with E-state index in [9.17, 15) is 9.18 Å². The van der Waals surface area contributed by atoms with Gasteiger partial charge in [0.25, 0.3) is 0 Å². The summed E-state index contributed by atoms with van der Waals surface area (Å²) in [5.74, 6) is -1.43. The predicted octanol–water partition coefficient (Wildman–Crippen LogP) is 3.58. The molecule has 106 valence electrons. The minimum absolute atomic E-state index is 0.0205. The molecule has 0 saturated carbocycles. The molecule has 2 aromatic carbocycles. The number of hydrogen-bond acceptors (Lipinski definition) is 3. The Hall–Kier alpha value is -2.14. The molecule has 0 radical (unpaired) electrons. The summed E-state index contributed by atoms with van der Waals surface area (Å²) in [5.41, 5.74) is 0.690. The van der Waals surface area contributed by atoms with Gasteiger partial charge in [-0.2, -0.15) is 5.26 Å². The summed E-state index contributed by atoms with van der Waals surface area (Å²) < 4.78 is 19.5. The molecule has 6 heteroatoms. The third-order valence-electron chi connectivity index (χ3n) is 2.65. The molecule has 0 unspecified atom stereocenters. The van der Waals surface area contributed by atoms with Crippen LogP contribution in [0.15, 0.2) is 36.4 Å². The van der Waals surface area contributed by atoms with E-state index in [0.29, 0.717) is 5.56 Å². The average molecular weight is 397 g/mol. The molecule has 4 nitrogen and oxygen atoms in total. The van der Waals surface area contributed by atoms with E-state index >= 15 is 0 Å². The van der Waals surface area contributed by atoms with Crippen molar-refractivity contribution in [1.82, 2.24) is 0 Å². The number of aromatic carboxylic acids is 1. The van der Waals surface area contributed by atoms with E-state index in [-0.39, 0.29) is 23.5 Å². The van der Waals surface area contributed by atoms with Crippen molar-refractivity contribution in [2.75, 3.05) is 0 Å². The van der Waals surface area contributed by atoms with Crippen LogP contribution >= 0.6 is 22.6 Å². The molecular formula is C15H9FINO3. The van der Waals surface area contributed by atoms with Gasteiger partial charge in [0.15, 0.2) is 0 Å². The van der Waals surface area contributed by atoms with Gasteiger partial charge < -0.3 is 9.84 Å². The molecule has 0 saturated heterocycles. The Labute approximate surface area is 133 Å². The number of nitrogens with zero attached hydrogens (tertiary/aromatic N) is 1. The highest BCUT2D eigenvalue weighted by Crippen LogP contribution is 2.22. The summed E-state index contributed by atoms with van der Waals surface area (Å²) in [6.07, 6.45) is 0. The number of ether oxygens (including phenoxy) is 1. The summed E-state index contributed by atoms with van der Waals surface area (Å²) in [6.45, 7) is -0.0205. The molecule has 0 aliphatic rings. The zero-order valence-electron chi connectivity index (χ0n) is 10.6. The summed E-state index contributed by atoms with van der Waals surface area (Å²) in [7, 11) is 0. The molecule has 0 aliphatic heterocycles. The molecule has 0 heterocycles. The number of halogens is 2. The third kappa shape index (κ3) is 3.92. The summed E-state index contributed by atoms with van der Waals surface area (Å²) in [4.78, 5) is 11.2. The van der Waals surface area contributed by atoms with Gasteiger partial charge in [0.05, 0.1) is 11.6 Å². The third-order valence-corrected chi connectivity index (χ3v) is 3.32. The van der Waals surface area contributed by atoms with Gasteiger partial charge in [0.2, 0.25) is 0 Å². The molecule has 0 aliphatic carbocycles. The zero-order valence-corrected chi connectivity index (χ0v) is 12.8. The first-order valence-electron chi connectivity index (χ1n) is 5.85. The Bertz CT molecular complexity index is 740. The van der Waals surface area contributed by atoms with Gasteiger partial charge in [0, 0.05) is 3.57 Å². The Balaban J connectivity index is 2.23. The fourth-order valence-corrected chi connectivity index (χ4v) is 2.25. The van der Waals surface area contributed by atoms with Crippen molar-refractivity contribution in [1.29, 1.82) is 5.26 Å². The van der Waals surface area contributed by atoms with E-state index in [1.165, 1.54) is 18.2 Å². The Morgan fingerprint density at radius 1 is 1.33 bits per heavy atom. The van der Waals surface area contributed by atoms with Crippen LogP contribution in [-0.4, -0.2) is 11.1 Å². The van der Waals surface area contributed by atoms with Crippen molar-refractivity contribution in [2.24, 2.45) is 0 Å².